The van der Waals surface area contributed by atoms with Crippen molar-refractivity contribution in [1.29, 1.82) is 0 Å². The molecule has 0 aromatic heterocycles. The van der Waals surface area contributed by atoms with Crippen LogP contribution < -0.4 is 0 Å². The molecule has 0 aliphatic carbocycles. The molecule has 1 unspecified atom stereocenters. The molecule has 0 N–H and O–H groups in total. The molecule has 0 radical (unpaired) electrons. The third-order valence-electron chi connectivity index (χ3n) is 1.43. The van der Waals surface area contributed by atoms with Gasteiger partial charge in [0.05, 0.1) is 0 Å². The minimum atomic E-state index is -1.81. The summed E-state index contributed by atoms with van der Waals surface area (Å²) in [4.78, 5) is 11.3. The van der Waals surface area contributed by atoms with Crippen LogP contribution in [0.3, 0.4) is 0 Å². The molecule has 1 rings (SSSR count). The summed E-state index contributed by atoms with van der Waals surface area (Å²) in [5.41, 5.74) is 0.414. The lowest BCUT2D eigenvalue weighted by Gasteiger charge is -2.09. The Hall–Kier alpha value is -0.450. The van der Waals surface area contributed by atoms with Gasteiger partial charge in [0.2, 0.25) is 9.46 Å². The molecular formula is C9H8FIO. The lowest BCUT2D eigenvalue weighted by Crippen LogP contribution is -2.21. The highest BCUT2D eigenvalue weighted by Gasteiger charge is 2.29. The van der Waals surface area contributed by atoms with Gasteiger partial charge < -0.3 is 0 Å². The summed E-state index contributed by atoms with van der Waals surface area (Å²) in [5, 5.41) is 0. The Kier molecular flexibility index (Phi) is 2.82. The van der Waals surface area contributed by atoms with E-state index in [2.05, 4.69) is 0 Å². The Morgan fingerprint density at radius 2 is 1.92 bits per heavy atom. The van der Waals surface area contributed by atoms with E-state index in [1.165, 1.54) is 29.5 Å². The van der Waals surface area contributed by atoms with Crippen molar-refractivity contribution < 1.29 is 9.18 Å². The molecule has 0 heterocycles. The number of halogens is 2. The van der Waals surface area contributed by atoms with E-state index in [0.29, 0.717) is 5.56 Å². The van der Waals surface area contributed by atoms with Crippen LogP contribution in [0, 0.1) is 0 Å². The van der Waals surface area contributed by atoms with E-state index in [1.807, 2.05) is 0 Å². The van der Waals surface area contributed by atoms with Crippen LogP contribution in [0.2, 0.25) is 0 Å². The molecule has 0 bridgehead atoms. The van der Waals surface area contributed by atoms with E-state index in [-0.39, 0.29) is 0 Å². The molecule has 1 nitrogen and oxygen atoms in total. The smallest absolute Gasteiger partial charge is 0.220 e. The molecule has 1 aromatic carbocycles. The maximum Gasteiger partial charge on any atom is 0.220 e. The third-order valence-corrected chi connectivity index (χ3v) is 1.92. The quantitative estimate of drug-likeness (QED) is 0.462. The van der Waals surface area contributed by atoms with Crippen molar-refractivity contribution >= 4 is 28.4 Å². The second kappa shape index (κ2) is 3.51. The molecular weight excluding hydrogens is 270 g/mol. The minimum Gasteiger partial charge on any atom is -0.290 e. The number of benzene rings is 1. The van der Waals surface area contributed by atoms with Crippen molar-refractivity contribution in [3.63, 3.8) is 0 Å². The Balaban J connectivity index is 2.94. The van der Waals surface area contributed by atoms with Gasteiger partial charge in [-0.1, -0.05) is 30.3 Å². The molecule has 0 amide bonds. The lowest BCUT2D eigenvalue weighted by molar-refractivity contribution is 0.0877. The van der Waals surface area contributed by atoms with Crippen molar-refractivity contribution in [2.75, 3.05) is 0 Å². The topological polar surface area (TPSA) is 17.1 Å². The zero-order valence-electron chi connectivity index (χ0n) is 6.55. The first-order chi connectivity index (χ1) is 5.52. The number of rotatable bonds is 2. The normalized spacial score (nSPS) is 15.2. The highest BCUT2D eigenvalue weighted by molar-refractivity contribution is 14.1. The summed E-state index contributed by atoms with van der Waals surface area (Å²) in [6.45, 7) is 1.25. The fourth-order valence-corrected chi connectivity index (χ4v) is 1.15. The Morgan fingerprint density at radius 1 is 1.42 bits per heavy atom. The second-order valence-corrected chi connectivity index (χ2v) is 4.61. The zero-order valence-corrected chi connectivity index (χ0v) is 8.71. The van der Waals surface area contributed by atoms with Crippen molar-refractivity contribution in [3.8, 4) is 0 Å². The predicted molar refractivity (Wildman–Crippen MR) is 54.3 cm³/mol. The van der Waals surface area contributed by atoms with Gasteiger partial charge in [-0.15, -0.1) is 0 Å². The van der Waals surface area contributed by atoms with Gasteiger partial charge in [0.25, 0.3) is 0 Å². The summed E-state index contributed by atoms with van der Waals surface area (Å²) < 4.78 is 11.3. The molecule has 0 aliphatic rings. The average molecular weight is 278 g/mol. The summed E-state index contributed by atoms with van der Waals surface area (Å²) in [6, 6.07) is 8.45. The first kappa shape index (κ1) is 9.64. The van der Waals surface area contributed by atoms with Crippen LogP contribution in [0.4, 0.5) is 4.39 Å². The van der Waals surface area contributed by atoms with E-state index in [1.54, 1.807) is 30.3 Å². The molecule has 12 heavy (non-hydrogen) atoms. The van der Waals surface area contributed by atoms with Gasteiger partial charge in [-0.05, 0) is 29.5 Å². The number of carbonyl (C=O) groups is 1. The van der Waals surface area contributed by atoms with Crippen LogP contribution in [0.15, 0.2) is 30.3 Å². The summed E-state index contributed by atoms with van der Waals surface area (Å²) in [6.07, 6.45) is 0. The van der Waals surface area contributed by atoms with Crippen LogP contribution >= 0.6 is 22.6 Å². The Morgan fingerprint density at radius 3 is 2.33 bits per heavy atom. The van der Waals surface area contributed by atoms with Gasteiger partial charge >= 0.3 is 0 Å². The highest BCUT2D eigenvalue weighted by Crippen LogP contribution is 2.24. The van der Waals surface area contributed by atoms with Gasteiger partial charge in [-0.2, -0.15) is 0 Å². The van der Waals surface area contributed by atoms with Gasteiger partial charge in [-0.25, -0.2) is 4.39 Å². The molecule has 0 saturated carbocycles. The minimum absolute atomic E-state index is 0.414. The van der Waals surface area contributed by atoms with Crippen LogP contribution in [-0.4, -0.2) is 9.46 Å². The van der Waals surface area contributed by atoms with Gasteiger partial charge in [0, 0.05) is 5.56 Å². The zero-order chi connectivity index (χ0) is 9.19. The lowest BCUT2D eigenvalue weighted by atomic mass is 10.1. The number of Topliss-reactive ketones (excluding diaryl/α,β-unsaturated/α-hetero) is 1. The monoisotopic (exact) mass is 278 g/mol. The molecule has 0 spiro atoms. The van der Waals surface area contributed by atoms with Crippen LogP contribution in [0.25, 0.3) is 0 Å². The Labute approximate surface area is 84.1 Å². The predicted octanol–water partition coefficient (Wildman–Crippen LogP) is 2.99. The number of ketones is 1. The first-order valence-corrected chi connectivity index (χ1v) is 4.57. The largest absolute Gasteiger partial charge is 0.290 e. The van der Waals surface area contributed by atoms with Crippen molar-refractivity contribution in [3.05, 3.63) is 35.9 Å². The number of alkyl halides is 2. The maximum atomic E-state index is 13.1. The van der Waals surface area contributed by atoms with Gasteiger partial charge in [-0.3, -0.25) is 4.79 Å². The number of hydrogen-bond acceptors (Lipinski definition) is 1. The third kappa shape index (κ3) is 2.27. The molecule has 64 valence electrons. The van der Waals surface area contributed by atoms with Crippen LogP contribution in [-0.2, 0) is 0 Å². The SMILES string of the molecule is CC(F)(I)C(=O)c1ccccc1. The number of carbonyl (C=O) groups excluding carboxylic acids is 1. The summed E-state index contributed by atoms with van der Waals surface area (Å²) in [5.74, 6) is -0.483. The van der Waals surface area contributed by atoms with E-state index >= 15 is 0 Å². The molecule has 0 aliphatic heterocycles. The molecule has 3 heteroatoms. The fourth-order valence-electron chi connectivity index (χ4n) is 0.843. The standard InChI is InChI=1S/C9H8FIO/c1-9(10,11)8(12)7-5-3-2-4-6-7/h2-6H,1H3. The van der Waals surface area contributed by atoms with E-state index < -0.39 is 9.46 Å². The average Bonchev–Trinajstić information content (AvgIpc) is 2.03. The van der Waals surface area contributed by atoms with E-state index in [9.17, 15) is 9.18 Å². The summed E-state index contributed by atoms with van der Waals surface area (Å²) in [7, 11) is 0. The molecule has 0 saturated heterocycles. The maximum absolute atomic E-state index is 13.1. The highest BCUT2D eigenvalue weighted by atomic mass is 127. The van der Waals surface area contributed by atoms with Crippen LogP contribution in [0.5, 0.6) is 0 Å². The molecule has 0 fully saturated rings. The molecule has 1 atom stereocenters. The molecule has 1 aromatic rings. The summed E-state index contributed by atoms with van der Waals surface area (Å²) >= 11 is 1.49. The van der Waals surface area contributed by atoms with Gasteiger partial charge in [0.15, 0.2) is 0 Å². The van der Waals surface area contributed by atoms with E-state index in [0.717, 1.165) is 0 Å². The van der Waals surface area contributed by atoms with E-state index in [4.69, 9.17) is 0 Å². The van der Waals surface area contributed by atoms with Crippen molar-refractivity contribution in [2.24, 2.45) is 0 Å². The fraction of sp³-hybridized carbons (Fsp3) is 0.222. The van der Waals surface area contributed by atoms with Gasteiger partial charge in [0.1, 0.15) is 0 Å². The Bertz CT molecular complexity index is 276. The first-order valence-electron chi connectivity index (χ1n) is 3.49. The van der Waals surface area contributed by atoms with Crippen molar-refractivity contribution in [1.82, 2.24) is 0 Å². The van der Waals surface area contributed by atoms with Crippen LogP contribution in [0.1, 0.15) is 17.3 Å². The second-order valence-electron chi connectivity index (χ2n) is 2.58. The number of hydrogen-bond donors (Lipinski definition) is 0. The van der Waals surface area contributed by atoms with Crippen molar-refractivity contribution in [2.45, 2.75) is 10.6 Å².